The number of carbonyl (C=O) groups excluding carboxylic acids is 1. The molecule has 0 radical (unpaired) electrons. The molecule has 1 aliphatic carbocycles. The van der Waals surface area contributed by atoms with Crippen molar-refractivity contribution in [2.24, 2.45) is 16.4 Å². The van der Waals surface area contributed by atoms with Crippen LogP contribution in [0.3, 0.4) is 0 Å². The van der Waals surface area contributed by atoms with Crippen LogP contribution in [0.5, 0.6) is 0 Å². The maximum Gasteiger partial charge on any atom is 0.0731 e. The first kappa shape index (κ1) is 16.8. The molecule has 4 nitrogen and oxygen atoms in total. The summed E-state index contributed by atoms with van der Waals surface area (Å²) in [5, 5.41) is 15.5. The fourth-order valence-electron chi connectivity index (χ4n) is 2.82. The van der Waals surface area contributed by atoms with Crippen LogP contribution in [0.4, 0.5) is 5.69 Å². The summed E-state index contributed by atoms with van der Waals surface area (Å²) in [7, 11) is 0. The molecule has 0 aliphatic heterocycles. The van der Waals surface area contributed by atoms with Crippen molar-refractivity contribution in [2.75, 3.05) is 5.43 Å². The van der Waals surface area contributed by atoms with Crippen LogP contribution in [-0.2, 0) is 0 Å². The molecule has 22 heavy (non-hydrogen) atoms. The zero-order chi connectivity index (χ0) is 16.3. The van der Waals surface area contributed by atoms with Crippen LogP contribution in [0, 0.1) is 11.3 Å². The third-order valence-corrected chi connectivity index (χ3v) is 4.65. The third kappa shape index (κ3) is 4.23. The predicted octanol–water partition coefficient (Wildman–Crippen LogP) is 3.71. The van der Waals surface area contributed by atoms with E-state index in [0.717, 1.165) is 37.3 Å². The topological polar surface area (TPSA) is 64.5 Å². The average molecular weight is 322 g/mol. The van der Waals surface area contributed by atoms with Gasteiger partial charge in [-0.05, 0) is 55.2 Å². The Bertz CT molecular complexity index is 581. The Morgan fingerprint density at radius 1 is 1.32 bits per heavy atom. The zero-order valence-electron chi connectivity index (χ0n) is 13.3. The molecule has 0 unspecified atom stereocenters. The molecule has 0 bridgehead atoms. The first-order valence-corrected chi connectivity index (χ1v) is 7.97. The molecule has 2 rings (SSSR count). The predicted molar refractivity (Wildman–Crippen MR) is 88.3 cm³/mol. The summed E-state index contributed by atoms with van der Waals surface area (Å²) in [6, 6.07) is 4.69. The number of nitrogens with zero attached hydrogens (tertiary/aromatic N) is 1. The number of hydrogen-bond donors (Lipinski definition) is 1. The summed E-state index contributed by atoms with van der Waals surface area (Å²) >= 11 is 5.81. The lowest BCUT2D eigenvalue weighted by Crippen LogP contribution is -2.26. The van der Waals surface area contributed by atoms with E-state index in [1.807, 2.05) is 0 Å². The Kier molecular flexibility index (Phi) is 5.12. The van der Waals surface area contributed by atoms with Crippen LogP contribution in [0.1, 0.15) is 56.8 Å². The van der Waals surface area contributed by atoms with E-state index in [2.05, 4.69) is 31.3 Å². The highest BCUT2D eigenvalue weighted by Gasteiger charge is 2.27. The number of hydrazone groups is 1. The minimum Gasteiger partial charge on any atom is -0.545 e. The SMILES string of the molecule is CC(C)(C)C1CCC(=NNc2ccc(Cl)c(C(=O)[O-])c2)CC1. The van der Waals surface area contributed by atoms with E-state index >= 15 is 0 Å². The Morgan fingerprint density at radius 3 is 2.50 bits per heavy atom. The van der Waals surface area contributed by atoms with Crippen LogP contribution in [0.25, 0.3) is 0 Å². The highest BCUT2D eigenvalue weighted by atomic mass is 35.5. The molecular weight excluding hydrogens is 300 g/mol. The monoisotopic (exact) mass is 321 g/mol. The number of anilines is 1. The molecule has 1 aromatic rings. The second-order valence-corrected chi connectivity index (χ2v) is 7.32. The quantitative estimate of drug-likeness (QED) is 0.863. The van der Waals surface area contributed by atoms with Gasteiger partial charge in [-0.25, -0.2) is 0 Å². The normalized spacial score (nSPS) is 18.9. The molecule has 5 heteroatoms. The molecule has 1 aromatic carbocycles. The van der Waals surface area contributed by atoms with E-state index in [-0.39, 0.29) is 10.6 Å². The summed E-state index contributed by atoms with van der Waals surface area (Å²) in [5.41, 5.74) is 4.99. The van der Waals surface area contributed by atoms with Crippen LogP contribution < -0.4 is 10.5 Å². The summed E-state index contributed by atoms with van der Waals surface area (Å²) in [5.74, 6) is -0.557. The fraction of sp³-hybridized carbons (Fsp3) is 0.529. The number of carboxylic acid groups (broad SMARTS) is 1. The average Bonchev–Trinajstić information content (AvgIpc) is 2.45. The first-order chi connectivity index (χ1) is 10.3. The summed E-state index contributed by atoms with van der Waals surface area (Å²) in [4.78, 5) is 11.0. The maximum absolute atomic E-state index is 11.0. The Labute approximate surface area is 136 Å². The summed E-state index contributed by atoms with van der Waals surface area (Å²) in [6.45, 7) is 6.85. The number of benzene rings is 1. The van der Waals surface area contributed by atoms with Gasteiger partial charge in [0.25, 0.3) is 0 Å². The Morgan fingerprint density at radius 2 is 1.95 bits per heavy atom. The minimum atomic E-state index is -1.29. The molecule has 0 saturated heterocycles. The molecule has 1 fully saturated rings. The van der Waals surface area contributed by atoms with Crippen molar-refractivity contribution in [1.82, 2.24) is 0 Å². The summed E-state index contributed by atoms with van der Waals surface area (Å²) < 4.78 is 0. The van der Waals surface area contributed by atoms with E-state index in [1.165, 1.54) is 12.1 Å². The van der Waals surface area contributed by atoms with Gasteiger partial charge in [0.15, 0.2) is 0 Å². The first-order valence-electron chi connectivity index (χ1n) is 7.59. The molecule has 1 N–H and O–H groups in total. The number of hydrogen-bond acceptors (Lipinski definition) is 4. The second-order valence-electron chi connectivity index (χ2n) is 6.91. The van der Waals surface area contributed by atoms with Gasteiger partial charge in [0, 0.05) is 16.3 Å². The van der Waals surface area contributed by atoms with Gasteiger partial charge in [-0.1, -0.05) is 32.4 Å². The van der Waals surface area contributed by atoms with Gasteiger partial charge in [0.1, 0.15) is 0 Å². The number of carboxylic acids is 1. The summed E-state index contributed by atoms with van der Waals surface area (Å²) in [6.07, 6.45) is 4.26. The Balaban J connectivity index is 1.99. The molecule has 1 aliphatic rings. The molecular formula is C17H22ClN2O2-. The van der Waals surface area contributed by atoms with E-state index in [1.54, 1.807) is 6.07 Å². The van der Waals surface area contributed by atoms with E-state index in [0.29, 0.717) is 11.1 Å². The highest BCUT2D eigenvalue weighted by Crippen LogP contribution is 2.36. The smallest absolute Gasteiger partial charge is 0.0731 e. The fourth-order valence-corrected chi connectivity index (χ4v) is 3.02. The van der Waals surface area contributed by atoms with Crippen molar-refractivity contribution >= 4 is 29.0 Å². The van der Waals surface area contributed by atoms with Crippen LogP contribution in [-0.4, -0.2) is 11.7 Å². The minimum absolute atomic E-state index is 0.0247. The highest BCUT2D eigenvalue weighted by molar-refractivity contribution is 6.33. The molecule has 1 saturated carbocycles. The van der Waals surface area contributed by atoms with Gasteiger partial charge in [-0.2, -0.15) is 5.10 Å². The van der Waals surface area contributed by atoms with Crippen molar-refractivity contribution in [2.45, 2.75) is 46.5 Å². The zero-order valence-corrected chi connectivity index (χ0v) is 14.0. The number of carbonyl (C=O) groups is 1. The van der Waals surface area contributed by atoms with Crippen LogP contribution in [0.15, 0.2) is 23.3 Å². The van der Waals surface area contributed by atoms with Crippen LogP contribution >= 0.6 is 11.6 Å². The lowest BCUT2D eigenvalue weighted by molar-refractivity contribution is -0.255. The lowest BCUT2D eigenvalue weighted by Gasteiger charge is -2.34. The van der Waals surface area contributed by atoms with E-state index in [9.17, 15) is 9.90 Å². The maximum atomic E-state index is 11.0. The van der Waals surface area contributed by atoms with Gasteiger partial charge in [0.2, 0.25) is 0 Å². The van der Waals surface area contributed by atoms with Gasteiger partial charge < -0.3 is 9.90 Å². The molecule has 0 spiro atoms. The number of aromatic carboxylic acids is 1. The van der Waals surface area contributed by atoms with Crippen LogP contribution in [0.2, 0.25) is 5.02 Å². The van der Waals surface area contributed by atoms with Gasteiger partial charge >= 0.3 is 0 Å². The Hall–Kier alpha value is -1.55. The number of nitrogens with one attached hydrogen (secondary N) is 1. The van der Waals surface area contributed by atoms with Gasteiger partial charge in [-0.3, -0.25) is 5.43 Å². The van der Waals surface area contributed by atoms with Crippen molar-refractivity contribution < 1.29 is 9.90 Å². The molecule has 0 atom stereocenters. The number of rotatable bonds is 3. The van der Waals surface area contributed by atoms with Crippen molar-refractivity contribution in [3.63, 3.8) is 0 Å². The molecule has 0 aromatic heterocycles. The molecule has 0 heterocycles. The van der Waals surface area contributed by atoms with Gasteiger partial charge in [-0.15, -0.1) is 0 Å². The van der Waals surface area contributed by atoms with Gasteiger partial charge in [0.05, 0.1) is 11.7 Å². The van der Waals surface area contributed by atoms with Crippen molar-refractivity contribution in [1.29, 1.82) is 0 Å². The van der Waals surface area contributed by atoms with Crippen molar-refractivity contribution in [3.8, 4) is 0 Å². The lowest BCUT2D eigenvalue weighted by atomic mass is 9.72. The van der Waals surface area contributed by atoms with E-state index in [4.69, 9.17) is 11.6 Å². The third-order valence-electron chi connectivity index (χ3n) is 4.32. The largest absolute Gasteiger partial charge is 0.545 e. The molecule has 0 amide bonds. The standard InChI is InChI=1S/C17H23ClN2O2/c1-17(2,3)11-4-6-12(7-5-11)19-20-13-8-9-15(18)14(10-13)16(21)22/h8-11,20H,4-7H2,1-3H3,(H,21,22)/p-1. The van der Waals surface area contributed by atoms with Crippen molar-refractivity contribution in [3.05, 3.63) is 28.8 Å². The number of halogens is 1. The second kappa shape index (κ2) is 6.69. The molecule has 120 valence electrons. The van der Waals surface area contributed by atoms with E-state index < -0.39 is 5.97 Å².